The first-order valence-electron chi connectivity index (χ1n) is 5.95. The lowest BCUT2D eigenvalue weighted by molar-refractivity contribution is 0.634. The largest absolute Gasteiger partial charge is 0.271 e. The van der Waals surface area contributed by atoms with E-state index in [1.807, 2.05) is 19.3 Å². The first kappa shape index (κ1) is 13.1. The fourth-order valence-electron chi connectivity index (χ4n) is 1.90. The van der Waals surface area contributed by atoms with E-state index >= 15 is 0 Å². The van der Waals surface area contributed by atoms with Gasteiger partial charge in [0.15, 0.2) is 0 Å². The van der Waals surface area contributed by atoms with E-state index in [2.05, 4.69) is 33.0 Å². The summed E-state index contributed by atoms with van der Waals surface area (Å²) >= 11 is 1.39. The molecule has 0 aromatic carbocycles. The molecule has 1 atom stereocenters. The summed E-state index contributed by atoms with van der Waals surface area (Å²) in [6.07, 6.45) is 5.62. The first-order chi connectivity index (χ1) is 8.76. The molecule has 0 spiro atoms. The normalized spacial score (nSPS) is 12.6. The SMILES string of the molecule is CCCc1nnsc1C(NN)c1cncc(C)c1. The molecular weight excluding hydrogens is 246 g/mol. The molecule has 1 unspecified atom stereocenters. The molecule has 0 aliphatic rings. The average molecular weight is 263 g/mol. The van der Waals surface area contributed by atoms with E-state index in [0.717, 1.165) is 34.5 Å². The van der Waals surface area contributed by atoms with Crippen LogP contribution in [0.2, 0.25) is 0 Å². The highest BCUT2D eigenvalue weighted by atomic mass is 32.1. The second kappa shape index (κ2) is 5.99. The van der Waals surface area contributed by atoms with Gasteiger partial charge in [0.05, 0.1) is 16.6 Å². The molecule has 0 saturated carbocycles. The summed E-state index contributed by atoms with van der Waals surface area (Å²) in [7, 11) is 0. The standard InChI is InChI=1S/C12H17N5S/c1-3-4-10-12(18-17-16-10)11(15-13)9-5-8(2)6-14-7-9/h5-7,11,15H,3-4,13H2,1-2H3. The van der Waals surface area contributed by atoms with Gasteiger partial charge in [-0.2, -0.15) is 0 Å². The van der Waals surface area contributed by atoms with E-state index in [4.69, 9.17) is 5.84 Å². The molecule has 2 heterocycles. The zero-order valence-corrected chi connectivity index (χ0v) is 11.4. The molecule has 18 heavy (non-hydrogen) atoms. The number of hydrogen-bond donors (Lipinski definition) is 2. The van der Waals surface area contributed by atoms with Crippen molar-refractivity contribution in [3.8, 4) is 0 Å². The fourth-order valence-corrected chi connectivity index (χ4v) is 2.69. The highest BCUT2D eigenvalue weighted by Gasteiger charge is 2.20. The third-order valence-corrected chi connectivity index (χ3v) is 3.56. The van der Waals surface area contributed by atoms with Gasteiger partial charge in [-0.25, -0.2) is 5.43 Å². The van der Waals surface area contributed by atoms with Crippen molar-refractivity contribution in [2.75, 3.05) is 0 Å². The third-order valence-electron chi connectivity index (χ3n) is 2.73. The molecule has 0 bridgehead atoms. The van der Waals surface area contributed by atoms with Crippen LogP contribution in [0.3, 0.4) is 0 Å². The molecule has 0 fully saturated rings. The van der Waals surface area contributed by atoms with Crippen LogP contribution in [0.25, 0.3) is 0 Å². The summed E-state index contributed by atoms with van der Waals surface area (Å²) in [5.74, 6) is 5.68. The quantitative estimate of drug-likeness (QED) is 0.635. The number of nitrogens with one attached hydrogen (secondary N) is 1. The van der Waals surface area contributed by atoms with Gasteiger partial charge in [0.1, 0.15) is 0 Å². The van der Waals surface area contributed by atoms with Crippen LogP contribution in [-0.4, -0.2) is 14.6 Å². The Morgan fingerprint density at radius 3 is 2.94 bits per heavy atom. The zero-order valence-electron chi connectivity index (χ0n) is 10.6. The van der Waals surface area contributed by atoms with Crippen molar-refractivity contribution in [1.29, 1.82) is 0 Å². The van der Waals surface area contributed by atoms with Gasteiger partial charge in [-0.3, -0.25) is 10.8 Å². The lowest BCUT2D eigenvalue weighted by atomic mass is 10.0. The molecule has 2 aromatic heterocycles. The van der Waals surface area contributed by atoms with Crippen LogP contribution in [0, 0.1) is 6.92 Å². The Kier molecular flexibility index (Phi) is 4.35. The van der Waals surface area contributed by atoms with Gasteiger partial charge >= 0.3 is 0 Å². The van der Waals surface area contributed by atoms with E-state index < -0.39 is 0 Å². The molecule has 3 N–H and O–H groups in total. The van der Waals surface area contributed by atoms with Crippen LogP contribution in [0.1, 0.15) is 41.1 Å². The molecule has 96 valence electrons. The number of nitrogens with two attached hydrogens (primary N) is 1. The summed E-state index contributed by atoms with van der Waals surface area (Å²) in [4.78, 5) is 5.28. The van der Waals surface area contributed by atoms with Gasteiger partial charge in [-0.05, 0) is 36.0 Å². The number of aromatic nitrogens is 3. The molecule has 0 amide bonds. The van der Waals surface area contributed by atoms with Crippen molar-refractivity contribution in [1.82, 2.24) is 20.0 Å². The van der Waals surface area contributed by atoms with E-state index in [1.54, 1.807) is 0 Å². The maximum atomic E-state index is 5.68. The van der Waals surface area contributed by atoms with Crippen LogP contribution < -0.4 is 11.3 Å². The minimum absolute atomic E-state index is 0.0843. The summed E-state index contributed by atoms with van der Waals surface area (Å²) in [5.41, 5.74) is 6.01. The van der Waals surface area contributed by atoms with Gasteiger partial charge in [-0.1, -0.05) is 23.9 Å². The molecule has 0 aliphatic carbocycles. The van der Waals surface area contributed by atoms with Gasteiger partial charge < -0.3 is 0 Å². The van der Waals surface area contributed by atoms with Crippen LogP contribution in [0.5, 0.6) is 0 Å². The van der Waals surface area contributed by atoms with Gasteiger partial charge in [0.2, 0.25) is 0 Å². The number of nitrogens with zero attached hydrogens (tertiary/aromatic N) is 3. The van der Waals surface area contributed by atoms with Crippen molar-refractivity contribution >= 4 is 11.5 Å². The number of rotatable bonds is 5. The predicted octanol–water partition coefficient (Wildman–Crippen LogP) is 1.75. The minimum atomic E-state index is -0.0843. The monoisotopic (exact) mass is 263 g/mol. The topological polar surface area (TPSA) is 76.7 Å². The molecule has 0 aliphatic heterocycles. The first-order valence-corrected chi connectivity index (χ1v) is 6.72. The molecule has 0 radical (unpaired) electrons. The lowest BCUT2D eigenvalue weighted by Gasteiger charge is -2.15. The van der Waals surface area contributed by atoms with E-state index in [1.165, 1.54) is 11.5 Å². The van der Waals surface area contributed by atoms with Crippen molar-refractivity contribution in [3.63, 3.8) is 0 Å². The Morgan fingerprint density at radius 1 is 1.44 bits per heavy atom. The Morgan fingerprint density at radius 2 is 2.28 bits per heavy atom. The molecule has 0 saturated heterocycles. The fraction of sp³-hybridized carbons (Fsp3) is 0.417. The number of pyridine rings is 1. The maximum Gasteiger partial charge on any atom is 0.0852 e. The lowest BCUT2D eigenvalue weighted by Crippen LogP contribution is -2.29. The van der Waals surface area contributed by atoms with E-state index in [9.17, 15) is 0 Å². The molecule has 2 aromatic rings. The second-order valence-corrected chi connectivity index (χ2v) is 5.01. The summed E-state index contributed by atoms with van der Waals surface area (Å²) in [5, 5.41) is 4.18. The molecular formula is C12H17N5S. The minimum Gasteiger partial charge on any atom is -0.271 e. The Labute approximate surface area is 111 Å². The maximum absolute atomic E-state index is 5.68. The summed E-state index contributed by atoms with van der Waals surface area (Å²) < 4.78 is 4.03. The second-order valence-electron chi connectivity index (χ2n) is 4.23. The van der Waals surface area contributed by atoms with Crippen molar-refractivity contribution in [3.05, 3.63) is 40.2 Å². The van der Waals surface area contributed by atoms with Crippen molar-refractivity contribution < 1.29 is 0 Å². The van der Waals surface area contributed by atoms with Crippen LogP contribution in [0.4, 0.5) is 0 Å². The summed E-state index contributed by atoms with van der Waals surface area (Å²) in [6.45, 7) is 4.14. The summed E-state index contributed by atoms with van der Waals surface area (Å²) in [6, 6.07) is 1.99. The number of aryl methyl sites for hydroxylation is 2. The Bertz CT molecular complexity index is 511. The van der Waals surface area contributed by atoms with E-state index in [0.29, 0.717) is 0 Å². The molecule has 2 rings (SSSR count). The van der Waals surface area contributed by atoms with Gasteiger partial charge in [-0.15, -0.1) is 5.10 Å². The predicted molar refractivity (Wildman–Crippen MR) is 72.0 cm³/mol. The highest BCUT2D eigenvalue weighted by Crippen LogP contribution is 2.27. The average Bonchev–Trinajstić information content (AvgIpc) is 2.79. The van der Waals surface area contributed by atoms with Crippen LogP contribution in [-0.2, 0) is 6.42 Å². The Balaban J connectivity index is 2.36. The number of hydrogen-bond acceptors (Lipinski definition) is 6. The Hall–Kier alpha value is -1.37. The smallest absolute Gasteiger partial charge is 0.0852 e. The number of hydrazine groups is 1. The van der Waals surface area contributed by atoms with Gasteiger partial charge in [0.25, 0.3) is 0 Å². The van der Waals surface area contributed by atoms with Crippen LogP contribution >= 0.6 is 11.5 Å². The van der Waals surface area contributed by atoms with Crippen molar-refractivity contribution in [2.45, 2.75) is 32.7 Å². The van der Waals surface area contributed by atoms with Crippen LogP contribution in [0.15, 0.2) is 18.5 Å². The third kappa shape index (κ3) is 2.72. The van der Waals surface area contributed by atoms with Gasteiger partial charge in [0, 0.05) is 12.4 Å². The molecule has 5 nitrogen and oxygen atoms in total. The van der Waals surface area contributed by atoms with E-state index in [-0.39, 0.29) is 6.04 Å². The van der Waals surface area contributed by atoms with Crippen molar-refractivity contribution in [2.24, 2.45) is 5.84 Å². The zero-order chi connectivity index (χ0) is 13.0. The highest BCUT2D eigenvalue weighted by molar-refractivity contribution is 7.05. The molecule has 6 heteroatoms.